The number of esters is 1. The fraction of sp³-hybridized carbons (Fsp3) is 0.760. The van der Waals surface area contributed by atoms with Crippen molar-refractivity contribution in [3.63, 3.8) is 0 Å². The first-order valence-corrected chi connectivity index (χ1v) is 11.7. The molecular weight excluding hydrogens is 378 g/mol. The van der Waals surface area contributed by atoms with Gasteiger partial charge >= 0.3 is 5.97 Å². The molecule has 0 aliphatic carbocycles. The van der Waals surface area contributed by atoms with Crippen LogP contribution in [-0.4, -0.2) is 50.2 Å². The molecule has 0 saturated carbocycles. The fourth-order valence-electron chi connectivity index (χ4n) is 3.27. The van der Waals surface area contributed by atoms with E-state index in [0.717, 1.165) is 32.1 Å². The monoisotopic (exact) mass is 423 g/mol. The van der Waals surface area contributed by atoms with E-state index < -0.39 is 12.1 Å². The van der Waals surface area contributed by atoms with Gasteiger partial charge in [-0.05, 0) is 38.5 Å². The van der Waals surface area contributed by atoms with Crippen LogP contribution in [0.4, 0.5) is 0 Å². The summed E-state index contributed by atoms with van der Waals surface area (Å²) in [7, 11) is 5.82. The Labute approximate surface area is 184 Å². The number of carbonyl (C=O) groups excluding carboxylic acids is 2. The first kappa shape index (κ1) is 28.4. The lowest BCUT2D eigenvalue weighted by molar-refractivity contribution is -0.873. The zero-order valence-corrected chi connectivity index (χ0v) is 19.9. The lowest BCUT2D eigenvalue weighted by atomic mass is 10.1. The van der Waals surface area contributed by atoms with Crippen molar-refractivity contribution in [3.8, 4) is 0 Å². The smallest absolute Gasteiger partial charge is 0.306 e. The third kappa shape index (κ3) is 21.1. The normalized spacial score (nSPS) is 13.2. The van der Waals surface area contributed by atoms with Gasteiger partial charge < -0.3 is 19.1 Å². The summed E-state index contributed by atoms with van der Waals surface area (Å²) in [6, 6.07) is 0. The maximum atomic E-state index is 12.0. The van der Waals surface area contributed by atoms with E-state index in [1.54, 1.807) is 0 Å². The maximum Gasteiger partial charge on any atom is 0.306 e. The van der Waals surface area contributed by atoms with Gasteiger partial charge in [0.1, 0.15) is 6.54 Å². The van der Waals surface area contributed by atoms with Gasteiger partial charge in [-0.3, -0.25) is 4.79 Å². The van der Waals surface area contributed by atoms with Crippen LogP contribution in [0.15, 0.2) is 24.3 Å². The number of carbonyl (C=O) groups is 2. The molecule has 0 aromatic carbocycles. The van der Waals surface area contributed by atoms with Crippen LogP contribution in [0.3, 0.4) is 0 Å². The Balaban J connectivity index is 3.71. The molecule has 0 fully saturated rings. The predicted octanol–water partition coefficient (Wildman–Crippen LogP) is 4.56. The van der Waals surface area contributed by atoms with Crippen LogP contribution in [0.5, 0.6) is 0 Å². The Morgan fingerprint density at radius 2 is 1.43 bits per heavy atom. The van der Waals surface area contributed by atoms with Gasteiger partial charge in [-0.15, -0.1) is 0 Å². The first-order chi connectivity index (χ1) is 14.2. The average molecular weight is 424 g/mol. The van der Waals surface area contributed by atoms with Gasteiger partial charge in [0.2, 0.25) is 0 Å². The van der Waals surface area contributed by atoms with Crippen LogP contribution in [0.2, 0.25) is 0 Å². The number of unbranched alkanes of at least 4 members (excludes halogenated alkanes) is 8. The molecule has 5 heteroatoms. The summed E-state index contributed by atoms with van der Waals surface area (Å²) in [6.07, 6.45) is 21.0. The fourth-order valence-corrected chi connectivity index (χ4v) is 3.27. The molecular formula is C25H45NO4. The first-order valence-electron chi connectivity index (χ1n) is 11.7. The molecule has 5 nitrogen and oxygen atoms in total. The van der Waals surface area contributed by atoms with Crippen LogP contribution in [0.25, 0.3) is 0 Å². The minimum atomic E-state index is -1.18. The number of likely N-dealkylation sites (N-methyl/N-ethyl adjacent to an activating group) is 1. The second-order valence-corrected chi connectivity index (χ2v) is 9.14. The van der Waals surface area contributed by atoms with Crippen LogP contribution >= 0.6 is 0 Å². The van der Waals surface area contributed by atoms with Crippen LogP contribution < -0.4 is 5.11 Å². The summed E-state index contributed by atoms with van der Waals surface area (Å²) in [5, 5.41) is 10.9. The molecule has 0 rings (SSSR count). The second-order valence-electron chi connectivity index (χ2n) is 9.14. The van der Waals surface area contributed by atoms with Gasteiger partial charge in [0.05, 0.1) is 21.1 Å². The van der Waals surface area contributed by atoms with Crippen molar-refractivity contribution in [1.82, 2.24) is 0 Å². The van der Waals surface area contributed by atoms with Gasteiger partial charge in [0, 0.05) is 18.8 Å². The highest BCUT2D eigenvalue weighted by Crippen LogP contribution is 2.11. The van der Waals surface area contributed by atoms with Crippen molar-refractivity contribution < 1.29 is 23.9 Å². The summed E-state index contributed by atoms with van der Waals surface area (Å²) in [5.74, 6) is -1.49. The molecule has 0 bridgehead atoms. The molecule has 1 atom stereocenters. The van der Waals surface area contributed by atoms with E-state index >= 15 is 0 Å². The quantitative estimate of drug-likeness (QED) is 0.132. The number of hydrogen-bond acceptors (Lipinski definition) is 4. The van der Waals surface area contributed by atoms with E-state index in [-0.39, 0.29) is 12.4 Å². The van der Waals surface area contributed by atoms with E-state index in [1.165, 1.54) is 38.5 Å². The number of carboxylic acids is 1. The number of allylic oxidation sites excluding steroid dienone is 4. The number of rotatable bonds is 19. The van der Waals surface area contributed by atoms with E-state index in [0.29, 0.717) is 17.4 Å². The summed E-state index contributed by atoms with van der Waals surface area (Å²) in [4.78, 5) is 22.9. The molecule has 0 aromatic rings. The summed E-state index contributed by atoms with van der Waals surface area (Å²) < 4.78 is 5.90. The van der Waals surface area contributed by atoms with Gasteiger partial charge in [-0.2, -0.15) is 0 Å². The van der Waals surface area contributed by atoms with Crippen molar-refractivity contribution >= 4 is 11.9 Å². The third-order valence-electron chi connectivity index (χ3n) is 4.78. The van der Waals surface area contributed by atoms with E-state index in [2.05, 4.69) is 31.2 Å². The van der Waals surface area contributed by atoms with E-state index in [1.807, 2.05) is 21.1 Å². The zero-order valence-electron chi connectivity index (χ0n) is 19.9. The molecule has 0 radical (unpaired) electrons. The highest BCUT2D eigenvalue weighted by atomic mass is 16.5. The van der Waals surface area contributed by atoms with Crippen LogP contribution in [-0.2, 0) is 14.3 Å². The Morgan fingerprint density at radius 3 is 2.00 bits per heavy atom. The highest BCUT2D eigenvalue weighted by Gasteiger charge is 2.22. The van der Waals surface area contributed by atoms with Crippen LogP contribution in [0.1, 0.15) is 90.4 Å². The second kappa shape index (κ2) is 18.2. The lowest BCUT2D eigenvalue weighted by Gasteiger charge is -2.29. The number of nitrogens with zero attached hydrogens (tertiary/aromatic N) is 1. The van der Waals surface area contributed by atoms with Gasteiger partial charge in [0.25, 0.3) is 0 Å². The third-order valence-corrected chi connectivity index (χ3v) is 4.78. The summed E-state index contributed by atoms with van der Waals surface area (Å²) in [5.41, 5.74) is 0. The van der Waals surface area contributed by atoms with Gasteiger partial charge in [-0.25, -0.2) is 0 Å². The standard InChI is InChI=1S/C25H45NO4/c1-5-6-7-8-9-10-11-12-13-14-15-16-17-18-19-20-25(29)30-23(21-24(27)28)22-26(2,3)4/h9-10,12-13,23H,5-8,11,14-22H2,1-4H3. The molecule has 0 aliphatic heterocycles. The molecule has 0 saturated heterocycles. The minimum absolute atomic E-state index is 0.247. The molecule has 0 heterocycles. The average Bonchev–Trinajstić information content (AvgIpc) is 2.63. The SMILES string of the molecule is CCCCCC=CCC=CCCCCCCCC(=O)OC(CC(=O)[O-])C[N+](C)(C)C. The largest absolute Gasteiger partial charge is 0.550 e. The van der Waals surface area contributed by atoms with Gasteiger partial charge in [0.15, 0.2) is 6.10 Å². The summed E-state index contributed by atoms with van der Waals surface area (Å²) >= 11 is 0. The van der Waals surface area contributed by atoms with E-state index in [4.69, 9.17) is 4.74 Å². The van der Waals surface area contributed by atoms with Crippen molar-refractivity contribution in [2.24, 2.45) is 0 Å². The number of ether oxygens (including phenoxy) is 1. The molecule has 30 heavy (non-hydrogen) atoms. The molecule has 0 aromatic heterocycles. The predicted molar refractivity (Wildman–Crippen MR) is 122 cm³/mol. The highest BCUT2D eigenvalue weighted by molar-refractivity contribution is 5.70. The maximum absolute atomic E-state index is 12.0. The molecule has 174 valence electrons. The van der Waals surface area contributed by atoms with Crippen molar-refractivity contribution in [3.05, 3.63) is 24.3 Å². The molecule has 0 N–H and O–H groups in total. The Morgan fingerprint density at radius 1 is 0.867 bits per heavy atom. The van der Waals surface area contributed by atoms with Gasteiger partial charge in [-0.1, -0.05) is 63.3 Å². The van der Waals surface area contributed by atoms with Crippen molar-refractivity contribution in [1.29, 1.82) is 0 Å². The van der Waals surface area contributed by atoms with Crippen molar-refractivity contribution in [2.45, 2.75) is 96.5 Å². The minimum Gasteiger partial charge on any atom is -0.550 e. The number of carboxylic acid groups (broad SMARTS) is 1. The Bertz CT molecular complexity index is 506. The molecule has 0 spiro atoms. The topological polar surface area (TPSA) is 66.4 Å². The Kier molecular flexibility index (Phi) is 17.2. The Hall–Kier alpha value is -1.62. The molecule has 0 aliphatic rings. The number of quaternary nitrogens is 1. The van der Waals surface area contributed by atoms with E-state index in [9.17, 15) is 14.7 Å². The molecule has 1 unspecified atom stereocenters. The number of aliphatic carboxylic acids is 1. The lowest BCUT2D eigenvalue weighted by Crippen LogP contribution is -2.45. The number of hydrogen-bond donors (Lipinski definition) is 0. The molecule has 0 amide bonds. The zero-order chi connectivity index (χ0) is 22.7. The summed E-state index contributed by atoms with van der Waals surface area (Å²) in [6.45, 7) is 2.69. The van der Waals surface area contributed by atoms with Crippen LogP contribution in [0, 0.1) is 0 Å². The van der Waals surface area contributed by atoms with Crippen molar-refractivity contribution in [2.75, 3.05) is 27.7 Å².